The number of rotatable bonds is 3. The molecule has 1 aliphatic heterocycles. The average molecular weight is 266 g/mol. The second-order valence-corrected chi connectivity index (χ2v) is 7.01. The first-order valence-corrected chi connectivity index (χ1v) is 7.69. The monoisotopic (exact) mass is 266 g/mol. The van der Waals surface area contributed by atoms with Gasteiger partial charge in [0, 0.05) is 19.6 Å². The molecule has 1 amide bonds. The van der Waals surface area contributed by atoms with Gasteiger partial charge in [0.15, 0.2) is 0 Å². The lowest BCUT2D eigenvalue weighted by Crippen LogP contribution is -2.55. The largest absolute Gasteiger partial charge is 0.366 e. The van der Waals surface area contributed by atoms with E-state index in [0.29, 0.717) is 24.5 Å². The van der Waals surface area contributed by atoms with Gasteiger partial charge in [-0.2, -0.15) is 0 Å². The number of carbonyl (C=O) groups is 1. The molecule has 0 aromatic rings. The van der Waals surface area contributed by atoms with Gasteiger partial charge in [-0.05, 0) is 42.4 Å². The molecule has 3 saturated carbocycles. The number of amides is 1. The van der Waals surface area contributed by atoms with E-state index >= 15 is 0 Å². The first kappa shape index (κ1) is 13.4. The number of morpholine rings is 1. The SMILES string of the molecule is CC1(C)[C@H]2CC[C@@H](CNC(=O)C3CNCCO3)[C@@H]1C2. The molecule has 4 nitrogen and oxygen atoms in total. The summed E-state index contributed by atoms with van der Waals surface area (Å²) in [5, 5.41) is 6.31. The van der Waals surface area contributed by atoms with E-state index in [1.165, 1.54) is 19.3 Å². The molecule has 19 heavy (non-hydrogen) atoms. The molecule has 4 heteroatoms. The van der Waals surface area contributed by atoms with E-state index in [2.05, 4.69) is 24.5 Å². The van der Waals surface area contributed by atoms with E-state index in [1.54, 1.807) is 0 Å². The van der Waals surface area contributed by atoms with E-state index in [0.717, 1.165) is 24.9 Å². The maximum absolute atomic E-state index is 12.0. The Kier molecular flexibility index (Phi) is 3.56. The van der Waals surface area contributed by atoms with Crippen LogP contribution >= 0.6 is 0 Å². The third-order valence-electron chi connectivity index (χ3n) is 5.76. The summed E-state index contributed by atoms with van der Waals surface area (Å²) in [5.74, 6) is 2.46. The van der Waals surface area contributed by atoms with Crippen LogP contribution in [0.5, 0.6) is 0 Å². The van der Waals surface area contributed by atoms with Gasteiger partial charge in [-0.1, -0.05) is 13.8 Å². The molecule has 2 bridgehead atoms. The maximum Gasteiger partial charge on any atom is 0.250 e. The first-order chi connectivity index (χ1) is 9.09. The third-order valence-corrected chi connectivity index (χ3v) is 5.76. The van der Waals surface area contributed by atoms with Crippen molar-refractivity contribution < 1.29 is 9.53 Å². The Balaban J connectivity index is 1.48. The van der Waals surface area contributed by atoms with Crippen molar-refractivity contribution in [1.82, 2.24) is 10.6 Å². The Morgan fingerprint density at radius 1 is 1.42 bits per heavy atom. The molecular formula is C15H26N2O2. The zero-order valence-electron chi connectivity index (χ0n) is 12.1. The lowest BCUT2D eigenvalue weighted by molar-refractivity contribution is -0.136. The lowest BCUT2D eigenvalue weighted by Gasteiger charge is -2.60. The number of carbonyl (C=O) groups excluding carboxylic acids is 1. The van der Waals surface area contributed by atoms with E-state index in [1.807, 2.05) is 0 Å². The van der Waals surface area contributed by atoms with Gasteiger partial charge in [-0.15, -0.1) is 0 Å². The highest BCUT2D eigenvalue weighted by atomic mass is 16.5. The molecule has 3 aliphatic carbocycles. The van der Waals surface area contributed by atoms with Gasteiger partial charge in [0.2, 0.25) is 5.91 Å². The molecule has 1 heterocycles. The minimum Gasteiger partial charge on any atom is -0.366 e. The Labute approximate surface area is 115 Å². The van der Waals surface area contributed by atoms with Crippen LogP contribution in [-0.4, -0.2) is 38.3 Å². The first-order valence-electron chi connectivity index (χ1n) is 7.69. The van der Waals surface area contributed by atoms with Crippen LogP contribution in [0.25, 0.3) is 0 Å². The highest BCUT2D eigenvalue weighted by molar-refractivity contribution is 5.81. The predicted octanol–water partition coefficient (Wildman–Crippen LogP) is 1.16. The van der Waals surface area contributed by atoms with Crippen LogP contribution < -0.4 is 10.6 Å². The zero-order chi connectivity index (χ0) is 13.5. The summed E-state index contributed by atoms with van der Waals surface area (Å²) in [6.07, 6.45) is 3.70. The third kappa shape index (κ3) is 2.40. The summed E-state index contributed by atoms with van der Waals surface area (Å²) in [5.41, 5.74) is 0.497. The van der Waals surface area contributed by atoms with Crippen LogP contribution in [0, 0.1) is 23.2 Å². The van der Waals surface area contributed by atoms with Crippen LogP contribution in [0.3, 0.4) is 0 Å². The van der Waals surface area contributed by atoms with Crippen molar-refractivity contribution in [3.8, 4) is 0 Å². The number of hydrogen-bond acceptors (Lipinski definition) is 3. The topological polar surface area (TPSA) is 50.4 Å². The summed E-state index contributed by atoms with van der Waals surface area (Å²) in [6.45, 7) is 7.76. The minimum atomic E-state index is -0.292. The molecule has 0 aromatic heterocycles. The minimum absolute atomic E-state index is 0.0615. The number of fused-ring (bicyclic) bond motifs is 2. The summed E-state index contributed by atoms with van der Waals surface area (Å²) in [4.78, 5) is 12.0. The molecule has 0 radical (unpaired) electrons. The van der Waals surface area contributed by atoms with Crippen molar-refractivity contribution in [2.45, 2.75) is 39.2 Å². The lowest BCUT2D eigenvalue weighted by atomic mass is 9.45. The molecular weight excluding hydrogens is 240 g/mol. The Morgan fingerprint density at radius 3 is 2.89 bits per heavy atom. The van der Waals surface area contributed by atoms with Crippen molar-refractivity contribution in [2.24, 2.45) is 23.2 Å². The molecule has 0 aromatic carbocycles. The van der Waals surface area contributed by atoms with Crippen LogP contribution in [0.1, 0.15) is 33.1 Å². The summed E-state index contributed by atoms with van der Waals surface area (Å²) < 4.78 is 5.48. The molecule has 2 N–H and O–H groups in total. The summed E-state index contributed by atoms with van der Waals surface area (Å²) in [6, 6.07) is 0. The zero-order valence-corrected chi connectivity index (χ0v) is 12.1. The fourth-order valence-electron chi connectivity index (χ4n) is 4.29. The molecule has 1 saturated heterocycles. The fraction of sp³-hybridized carbons (Fsp3) is 0.933. The van der Waals surface area contributed by atoms with E-state index < -0.39 is 0 Å². The van der Waals surface area contributed by atoms with Gasteiger partial charge in [-0.25, -0.2) is 0 Å². The molecule has 4 rings (SSSR count). The van der Waals surface area contributed by atoms with Crippen LogP contribution in [0.2, 0.25) is 0 Å². The summed E-state index contributed by atoms with van der Waals surface area (Å²) in [7, 11) is 0. The second-order valence-electron chi connectivity index (χ2n) is 7.01. The van der Waals surface area contributed by atoms with Crippen molar-refractivity contribution >= 4 is 5.91 Å². The summed E-state index contributed by atoms with van der Waals surface area (Å²) >= 11 is 0. The van der Waals surface area contributed by atoms with Gasteiger partial charge in [-0.3, -0.25) is 4.79 Å². The van der Waals surface area contributed by atoms with Crippen molar-refractivity contribution in [3.63, 3.8) is 0 Å². The highest BCUT2D eigenvalue weighted by Crippen LogP contribution is 2.61. The molecule has 1 unspecified atom stereocenters. The quantitative estimate of drug-likeness (QED) is 0.806. The van der Waals surface area contributed by atoms with E-state index in [9.17, 15) is 4.79 Å². The van der Waals surface area contributed by atoms with Crippen LogP contribution in [0.15, 0.2) is 0 Å². The Morgan fingerprint density at radius 2 is 2.26 bits per heavy atom. The number of nitrogens with one attached hydrogen (secondary N) is 2. The van der Waals surface area contributed by atoms with Gasteiger partial charge < -0.3 is 15.4 Å². The Hall–Kier alpha value is -0.610. The highest BCUT2D eigenvalue weighted by Gasteiger charge is 2.53. The normalized spacial score (nSPS) is 40.3. The standard InChI is InChI=1S/C15H26N2O2/c1-15(2)11-4-3-10(12(15)7-11)8-17-14(18)13-9-16-5-6-19-13/h10-13,16H,3-9H2,1-2H3,(H,17,18)/t10-,11-,12-,13?/m0/s1. The number of ether oxygens (including phenoxy) is 1. The van der Waals surface area contributed by atoms with Gasteiger partial charge >= 0.3 is 0 Å². The van der Waals surface area contributed by atoms with E-state index in [4.69, 9.17) is 4.74 Å². The second kappa shape index (κ2) is 5.06. The van der Waals surface area contributed by atoms with Crippen molar-refractivity contribution in [3.05, 3.63) is 0 Å². The molecule has 108 valence electrons. The van der Waals surface area contributed by atoms with Gasteiger partial charge in [0.1, 0.15) is 6.10 Å². The van der Waals surface area contributed by atoms with Crippen LogP contribution in [0.4, 0.5) is 0 Å². The Bertz CT molecular complexity index is 348. The fourth-order valence-corrected chi connectivity index (χ4v) is 4.29. The molecule has 4 fully saturated rings. The molecule has 4 aliphatic rings. The predicted molar refractivity (Wildman–Crippen MR) is 73.7 cm³/mol. The smallest absolute Gasteiger partial charge is 0.250 e. The van der Waals surface area contributed by atoms with Gasteiger partial charge in [0.05, 0.1) is 6.61 Å². The van der Waals surface area contributed by atoms with Crippen molar-refractivity contribution in [2.75, 3.05) is 26.2 Å². The van der Waals surface area contributed by atoms with Crippen LogP contribution in [-0.2, 0) is 9.53 Å². The van der Waals surface area contributed by atoms with Gasteiger partial charge in [0.25, 0.3) is 0 Å². The number of hydrogen-bond donors (Lipinski definition) is 2. The molecule has 4 atom stereocenters. The van der Waals surface area contributed by atoms with Crippen molar-refractivity contribution in [1.29, 1.82) is 0 Å². The molecule has 0 spiro atoms. The average Bonchev–Trinajstić information content (AvgIpc) is 2.45. The van der Waals surface area contributed by atoms with E-state index in [-0.39, 0.29) is 12.0 Å². The maximum atomic E-state index is 12.0.